The molecule has 24 heavy (non-hydrogen) atoms. The molecular formula is C17H24N2O4S. The van der Waals surface area contributed by atoms with Gasteiger partial charge in [0.05, 0.1) is 16.6 Å². The monoisotopic (exact) mass is 352 g/mol. The van der Waals surface area contributed by atoms with Crippen molar-refractivity contribution in [2.75, 3.05) is 26.2 Å². The van der Waals surface area contributed by atoms with Gasteiger partial charge in [-0.15, -0.1) is 0 Å². The maximum absolute atomic E-state index is 12.9. The van der Waals surface area contributed by atoms with Crippen molar-refractivity contribution in [1.82, 2.24) is 9.62 Å². The van der Waals surface area contributed by atoms with E-state index in [0.29, 0.717) is 19.6 Å². The second-order valence-corrected chi connectivity index (χ2v) is 8.21. The summed E-state index contributed by atoms with van der Waals surface area (Å²) in [5.74, 6) is -0.360. The lowest BCUT2D eigenvalue weighted by Gasteiger charge is -2.26. The summed E-state index contributed by atoms with van der Waals surface area (Å²) in [5.41, 5.74) is 0.209. The number of nitrogens with zero attached hydrogens (tertiary/aromatic N) is 1. The molecule has 0 radical (unpaired) electrons. The maximum atomic E-state index is 12.9. The molecular weight excluding hydrogens is 328 g/mol. The third kappa shape index (κ3) is 3.79. The molecule has 1 unspecified atom stereocenters. The van der Waals surface area contributed by atoms with Crippen LogP contribution in [0.4, 0.5) is 0 Å². The van der Waals surface area contributed by atoms with Gasteiger partial charge in [-0.3, -0.25) is 4.79 Å². The molecule has 0 spiro atoms. The van der Waals surface area contributed by atoms with Gasteiger partial charge in [0.25, 0.3) is 5.91 Å². The third-order valence-electron chi connectivity index (χ3n) is 4.58. The first kappa shape index (κ1) is 17.4. The molecule has 2 aliphatic heterocycles. The van der Waals surface area contributed by atoms with Crippen LogP contribution in [0.5, 0.6) is 0 Å². The normalized spacial score (nSPS) is 22.4. The highest BCUT2D eigenvalue weighted by molar-refractivity contribution is 7.89. The Hall–Kier alpha value is -1.44. The van der Waals surface area contributed by atoms with Gasteiger partial charge in [-0.05, 0) is 37.8 Å². The molecule has 1 amide bonds. The Morgan fingerprint density at radius 3 is 2.62 bits per heavy atom. The summed E-state index contributed by atoms with van der Waals surface area (Å²) >= 11 is 0. The van der Waals surface area contributed by atoms with E-state index in [1.54, 1.807) is 18.2 Å². The van der Waals surface area contributed by atoms with Crippen LogP contribution < -0.4 is 5.32 Å². The Labute approximate surface area is 143 Å². The van der Waals surface area contributed by atoms with Gasteiger partial charge in [-0.25, -0.2) is 8.42 Å². The molecule has 132 valence electrons. The van der Waals surface area contributed by atoms with Crippen LogP contribution >= 0.6 is 0 Å². The molecule has 2 aliphatic rings. The fraction of sp³-hybridized carbons (Fsp3) is 0.588. The Bertz CT molecular complexity index is 678. The molecule has 3 rings (SSSR count). The molecule has 6 nitrogen and oxygen atoms in total. The van der Waals surface area contributed by atoms with Crippen molar-refractivity contribution in [1.29, 1.82) is 0 Å². The number of nitrogens with one attached hydrogen (secondary N) is 1. The number of hydrogen-bond donors (Lipinski definition) is 1. The van der Waals surface area contributed by atoms with Gasteiger partial charge in [0, 0.05) is 26.2 Å². The minimum atomic E-state index is -3.63. The number of sulfonamides is 1. The van der Waals surface area contributed by atoms with Gasteiger partial charge >= 0.3 is 0 Å². The summed E-state index contributed by atoms with van der Waals surface area (Å²) in [7, 11) is -3.63. The molecule has 0 aliphatic carbocycles. The molecule has 2 fully saturated rings. The quantitative estimate of drug-likeness (QED) is 0.876. The SMILES string of the molecule is O=C(NCC1CCCO1)c1ccccc1S(=O)(=O)N1CCCCC1. The van der Waals surface area contributed by atoms with Crippen molar-refractivity contribution < 1.29 is 17.9 Å². The fourth-order valence-electron chi connectivity index (χ4n) is 3.23. The number of amides is 1. The van der Waals surface area contributed by atoms with E-state index >= 15 is 0 Å². The number of carbonyl (C=O) groups excluding carboxylic acids is 1. The van der Waals surface area contributed by atoms with Gasteiger partial charge in [-0.2, -0.15) is 4.31 Å². The molecule has 2 saturated heterocycles. The zero-order valence-corrected chi connectivity index (χ0v) is 14.6. The van der Waals surface area contributed by atoms with E-state index in [9.17, 15) is 13.2 Å². The van der Waals surface area contributed by atoms with Crippen molar-refractivity contribution in [3.8, 4) is 0 Å². The molecule has 1 aromatic carbocycles. The van der Waals surface area contributed by atoms with Crippen LogP contribution in [0.3, 0.4) is 0 Å². The van der Waals surface area contributed by atoms with Crippen molar-refractivity contribution in [3.63, 3.8) is 0 Å². The number of piperidine rings is 1. The molecule has 0 bridgehead atoms. The van der Waals surface area contributed by atoms with E-state index in [-0.39, 0.29) is 22.5 Å². The number of benzene rings is 1. The lowest BCUT2D eigenvalue weighted by atomic mass is 10.2. The predicted octanol–water partition coefficient (Wildman–Crippen LogP) is 1.77. The lowest BCUT2D eigenvalue weighted by Crippen LogP contribution is -2.37. The summed E-state index contributed by atoms with van der Waals surface area (Å²) in [6.07, 6.45) is 4.74. The zero-order chi connectivity index (χ0) is 17.0. The van der Waals surface area contributed by atoms with Gasteiger partial charge in [0.15, 0.2) is 0 Å². The Morgan fingerprint density at radius 1 is 1.17 bits per heavy atom. The fourth-order valence-corrected chi connectivity index (χ4v) is 4.94. The number of hydrogen-bond acceptors (Lipinski definition) is 4. The van der Waals surface area contributed by atoms with Crippen LogP contribution in [0.2, 0.25) is 0 Å². The highest BCUT2D eigenvalue weighted by atomic mass is 32.2. The first-order chi connectivity index (χ1) is 11.6. The van der Waals surface area contributed by atoms with E-state index in [1.165, 1.54) is 10.4 Å². The molecule has 0 saturated carbocycles. The van der Waals surface area contributed by atoms with Gasteiger partial charge < -0.3 is 10.1 Å². The number of rotatable bonds is 5. The van der Waals surface area contributed by atoms with E-state index < -0.39 is 10.0 Å². The van der Waals surface area contributed by atoms with E-state index in [4.69, 9.17) is 4.74 Å². The summed E-state index contributed by atoms with van der Waals surface area (Å²) in [6, 6.07) is 6.44. The maximum Gasteiger partial charge on any atom is 0.252 e. The predicted molar refractivity (Wildman–Crippen MR) is 90.4 cm³/mol. The van der Waals surface area contributed by atoms with Crippen LogP contribution in [0.1, 0.15) is 42.5 Å². The highest BCUT2D eigenvalue weighted by Gasteiger charge is 2.30. The molecule has 1 atom stereocenters. The minimum absolute atomic E-state index is 0.0276. The van der Waals surface area contributed by atoms with Crippen molar-refractivity contribution in [3.05, 3.63) is 29.8 Å². The topological polar surface area (TPSA) is 75.7 Å². The van der Waals surface area contributed by atoms with Crippen molar-refractivity contribution in [2.45, 2.75) is 43.1 Å². The first-order valence-corrected chi connectivity index (χ1v) is 10.0. The van der Waals surface area contributed by atoms with E-state index in [0.717, 1.165) is 38.7 Å². The van der Waals surface area contributed by atoms with E-state index in [1.807, 2.05) is 0 Å². The summed E-state index contributed by atoms with van der Waals surface area (Å²) < 4.78 is 32.8. The molecule has 0 aromatic heterocycles. The van der Waals surface area contributed by atoms with Crippen LogP contribution in [0.25, 0.3) is 0 Å². The summed E-state index contributed by atoms with van der Waals surface area (Å²) in [5, 5.41) is 2.81. The molecule has 1 N–H and O–H groups in total. The van der Waals surface area contributed by atoms with Gasteiger partial charge in [0.2, 0.25) is 10.0 Å². The van der Waals surface area contributed by atoms with Crippen LogP contribution in [0.15, 0.2) is 29.2 Å². The van der Waals surface area contributed by atoms with Crippen LogP contribution in [-0.2, 0) is 14.8 Å². The Balaban J connectivity index is 1.77. The number of ether oxygens (including phenoxy) is 1. The minimum Gasteiger partial charge on any atom is -0.376 e. The summed E-state index contributed by atoms with van der Waals surface area (Å²) in [6.45, 7) is 2.18. The third-order valence-corrected chi connectivity index (χ3v) is 6.54. The average molecular weight is 352 g/mol. The second kappa shape index (κ2) is 7.63. The van der Waals surface area contributed by atoms with Crippen LogP contribution in [-0.4, -0.2) is 51.0 Å². The summed E-state index contributed by atoms with van der Waals surface area (Å²) in [4.78, 5) is 12.6. The average Bonchev–Trinajstić information content (AvgIpc) is 3.14. The standard InChI is InChI=1S/C17H24N2O4S/c20-17(18-13-14-7-6-12-23-14)15-8-2-3-9-16(15)24(21,22)19-10-4-1-5-11-19/h2-3,8-9,14H,1,4-7,10-13H2,(H,18,20). The van der Waals surface area contributed by atoms with Gasteiger partial charge in [0.1, 0.15) is 0 Å². The largest absolute Gasteiger partial charge is 0.376 e. The molecule has 2 heterocycles. The Morgan fingerprint density at radius 2 is 1.92 bits per heavy atom. The van der Waals surface area contributed by atoms with Crippen molar-refractivity contribution >= 4 is 15.9 Å². The number of carbonyl (C=O) groups is 1. The lowest BCUT2D eigenvalue weighted by molar-refractivity contribution is 0.0855. The molecule has 1 aromatic rings. The molecule has 7 heteroatoms. The Kier molecular flexibility index (Phi) is 5.53. The van der Waals surface area contributed by atoms with E-state index in [2.05, 4.69) is 5.32 Å². The van der Waals surface area contributed by atoms with Gasteiger partial charge in [-0.1, -0.05) is 18.6 Å². The smallest absolute Gasteiger partial charge is 0.252 e. The first-order valence-electron chi connectivity index (χ1n) is 8.58. The second-order valence-electron chi connectivity index (χ2n) is 6.31. The highest BCUT2D eigenvalue weighted by Crippen LogP contribution is 2.23. The van der Waals surface area contributed by atoms with Crippen molar-refractivity contribution in [2.24, 2.45) is 0 Å². The van der Waals surface area contributed by atoms with Crippen LogP contribution in [0, 0.1) is 0 Å². The zero-order valence-electron chi connectivity index (χ0n) is 13.7.